The number of carbonyl (C=O) groups excluding carboxylic acids is 1. The maximum absolute atomic E-state index is 11.9. The first-order valence-electron chi connectivity index (χ1n) is 4.65. The summed E-state index contributed by atoms with van der Waals surface area (Å²) in [4.78, 5) is 17.6. The fourth-order valence-electron chi connectivity index (χ4n) is 1.17. The summed E-state index contributed by atoms with van der Waals surface area (Å²) >= 11 is 9.00. The summed E-state index contributed by atoms with van der Waals surface area (Å²) in [5.41, 5.74) is 0.433. The van der Waals surface area contributed by atoms with E-state index in [1.54, 1.807) is 17.0 Å². The highest BCUT2D eigenvalue weighted by atomic mass is 79.9. The standard InChI is InChI=1S/C10H12BrClN2O/c1-2-14(6-5-11)10(15)9-4-3-8(12)7-13-9/h3-4,7H,2,5-6H2,1H3. The Hall–Kier alpha value is -0.610. The molecule has 1 rings (SSSR count). The SMILES string of the molecule is CCN(CCBr)C(=O)c1ccc(Cl)cn1. The van der Waals surface area contributed by atoms with E-state index in [1.807, 2.05) is 6.92 Å². The number of pyridine rings is 1. The molecule has 0 fully saturated rings. The molecule has 1 heterocycles. The van der Waals surface area contributed by atoms with Crippen molar-refractivity contribution in [1.82, 2.24) is 9.88 Å². The Kier molecular flexibility index (Phi) is 5.05. The van der Waals surface area contributed by atoms with Crippen LogP contribution < -0.4 is 0 Å². The molecule has 0 radical (unpaired) electrons. The molecule has 0 saturated carbocycles. The monoisotopic (exact) mass is 290 g/mol. The van der Waals surface area contributed by atoms with Crippen molar-refractivity contribution >= 4 is 33.4 Å². The van der Waals surface area contributed by atoms with E-state index in [9.17, 15) is 4.79 Å². The van der Waals surface area contributed by atoms with Crippen LogP contribution in [0.5, 0.6) is 0 Å². The average Bonchev–Trinajstić information content (AvgIpc) is 2.26. The van der Waals surface area contributed by atoms with Crippen LogP contribution in [0.25, 0.3) is 0 Å². The van der Waals surface area contributed by atoms with E-state index >= 15 is 0 Å². The third-order valence-electron chi connectivity index (χ3n) is 1.97. The van der Waals surface area contributed by atoms with Gasteiger partial charge in [-0.3, -0.25) is 4.79 Å². The summed E-state index contributed by atoms with van der Waals surface area (Å²) in [5, 5.41) is 1.30. The van der Waals surface area contributed by atoms with Gasteiger partial charge in [0.1, 0.15) is 5.69 Å². The Bertz CT molecular complexity index is 329. The summed E-state index contributed by atoms with van der Waals surface area (Å²) in [7, 11) is 0. The first-order chi connectivity index (χ1) is 7.19. The first-order valence-corrected chi connectivity index (χ1v) is 6.15. The van der Waals surface area contributed by atoms with Crippen molar-refractivity contribution in [2.75, 3.05) is 18.4 Å². The Morgan fingerprint density at radius 1 is 1.60 bits per heavy atom. The lowest BCUT2D eigenvalue weighted by Crippen LogP contribution is -2.32. The fourth-order valence-corrected chi connectivity index (χ4v) is 1.71. The molecule has 0 bridgehead atoms. The molecule has 0 unspecified atom stereocenters. The van der Waals surface area contributed by atoms with Crippen LogP contribution in [0.2, 0.25) is 5.02 Å². The molecule has 82 valence electrons. The molecule has 1 aromatic heterocycles. The molecule has 0 aliphatic heterocycles. The maximum Gasteiger partial charge on any atom is 0.272 e. The molecule has 15 heavy (non-hydrogen) atoms. The second-order valence-corrected chi connectivity index (χ2v) is 4.16. The number of nitrogens with zero attached hydrogens (tertiary/aromatic N) is 2. The molecule has 0 atom stereocenters. The number of hydrogen-bond donors (Lipinski definition) is 0. The van der Waals surface area contributed by atoms with Crippen molar-refractivity contribution in [2.45, 2.75) is 6.92 Å². The van der Waals surface area contributed by atoms with Crippen molar-refractivity contribution in [3.05, 3.63) is 29.0 Å². The van der Waals surface area contributed by atoms with Gasteiger partial charge in [0.25, 0.3) is 5.91 Å². The van der Waals surface area contributed by atoms with E-state index in [2.05, 4.69) is 20.9 Å². The van der Waals surface area contributed by atoms with Crippen LogP contribution in [0, 0.1) is 0 Å². The van der Waals surface area contributed by atoms with Crippen molar-refractivity contribution in [3.8, 4) is 0 Å². The van der Waals surface area contributed by atoms with Gasteiger partial charge in [-0.05, 0) is 19.1 Å². The highest BCUT2D eigenvalue weighted by Gasteiger charge is 2.14. The largest absolute Gasteiger partial charge is 0.337 e. The second-order valence-electron chi connectivity index (χ2n) is 2.94. The molecule has 1 amide bonds. The molecule has 1 aromatic rings. The lowest BCUT2D eigenvalue weighted by Gasteiger charge is -2.18. The number of alkyl halides is 1. The third-order valence-corrected chi connectivity index (χ3v) is 2.55. The average molecular weight is 292 g/mol. The predicted molar refractivity (Wildman–Crippen MR) is 64.6 cm³/mol. The molecule has 0 aliphatic rings. The number of rotatable bonds is 4. The molecule has 0 spiro atoms. The van der Waals surface area contributed by atoms with Gasteiger partial charge < -0.3 is 4.90 Å². The van der Waals surface area contributed by atoms with Crippen LogP contribution in [0.1, 0.15) is 17.4 Å². The van der Waals surface area contributed by atoms with E-state index in [-0.39, 0.29) is 5.91 Å². The minimum atomic E-state index is -0.0615. The van der Waals surface area contributed by atoms with E-state index < -0.39 is 0 Å². The minimum absolute atomic E-state index is 0.0615. The summed E-state index contributed by atoms with van der Waals surface area (Å²) in [6.45, 7) is 3.30. The molecule has 0 aromatic carbocycles. The lowest BCUT2D eigenvalue weighted by atomic mass is 10.3. The van der Waals surface area contributed by atoms with Gasteiger partial charge in [0.15, 0.2) is 0 Å². The third kappa shape index (κ3) is 3.47. The van der Waals surface area contributed by atoms with Gasteiger partial charge in [-0.25, -0.2) is 4.98 Å². The topological polar surface area (TPSA) is 33.2 Å². The van der Waals surface area contributed by atoms with Crippen LogP contribution in [0.15, 0.2) is 18.3 Å². The summed E-state index contributed by atoms with van der Waals surface area (Å²) in [5.74, 6) is -0.0615. The summed E-state index contributed by atoms with van der Waals surface area (Å²) in [6, 6.07) is 3.31. The van der Waals surface area contributed by atoms with Crippen molar-refractivity contribution in [1.29, 1.82) is 0 Å². The van der Waals surface area contributed by atoms with Gasteiger partial charge in [0.05, 0.1) is 5.02 Å². The molecular weight excluding hydrogens is 279 g/mol. The normalized spacial score (nSPS) is 10.1. The summed E-state index contributed by atoms with van der Waals surface area (Å²) in [6.07, 6.45) is 1.48. The molecule has 0 N–H and O–H groups in total. The lowest BCUT2D eigenvalue weighted by molar-refractivity contribution is 0.0769. The van der Waals surface area contributed by atoms with E-state index in [4.69, 9.17) is 11.6 Å². The van der Waals surface area contributed by atoms with Crippen LogP contribution in [0.4, 0.5) is 0 Å². The number of halogens is 2. The van der Waals surface area contributed by atoms with E-state index in [0.717, 1.165) is 5.33 Å². The molecule has 0 saturated heterocycles. The van der Waals surface area contributed by atoms with Gasteiger partial charge in [-0.2, -0.15) is 0 Å². The first kappa shape index (κ1) is 12.5. The van der Waals surface area contributed by atoms with Crippen molar-refractivity contribution in [2.24, 2.45) is 0 Å². The number of amides is 1. The zero-order valence-electron chi connectivity index (χ0n) is 8.41. The predicted octanol–water partition coefficient (Wildman–Crippen LogP) is 2.59. The van der Waals surface area contributed by atoms with Crippen molar-refractivity contribution in [3.63, 3.8) is 0 Å². The Balaban J connectivity index is 2.78. The quantitative estimate of drug-likeness (QED) is 0.799. The highest BCUT2D eigenvalue weighted by molar-refractivity contribution is 9.09. The Morgan fingerprint density at radius 2 is 2.33 bits per heavy atom. The molecule has 5 heteroatoms. The van der Waals surface area contributed by atoms with Crippen LogP contribution >= 0.6 is 27.5 Å². The zero-order valence-corrected chi connectivity index (χ0v) is 10.8. The Morgan fingerprint density at radius 3 is 2.80 bits per heavy atom. The molecule has 0 aliphatic carbocycles. The van der Waals surface area contributed by atoms with Gasteiger partial charge in [0.2, 0.25) is 0 Å². The van der Waals surface area contributed by atoms with E-state index in [0.29, 0.717) is 23.8 Å². The van der Waals surface area contributed by atoms with Gasteiger partial charge in [-0.15, -0.1) is 0 Å². The van der Waals surface area contributed by atoms with Crippen LogP contribution in [-0.4, -0.2) is 34.2 Å². The van der Waals surface area contributed by atoms with Crippen molar-refractivity contribution < 1.29 is 4.79 Å². The smallest absolute Gasteiger partial charge is 0.272 e. The second kappa shape index (κ2) is 6.08. The van der Waals surface area contributed by atoms with Crippen LogP contribution in [-0.2, 0) is 0 Å². The van der Waals surface area contributed by atoms with E-state index in [1.165, 1.54) is 6.20 Å². The number of hydrogen-bond acceptors (Lipinski definition) is 2. The molecular formula is C10H12BrClN2O. The minimum Gasteiger partial charge on any atom is -0.337 e. The van der Waals surface area contributed by atoms with Gasteiger partial charge in [0, 0.05) is 24.6 Å². The number of aromatic nitrogens is 1. The van der Waals surface area contributed by atoms with Gasteiger partial charge >= 0.3 is 0 Å². The number of carbonyl (C=O) groups is 1. The van der Waals surface area contributed by atoms with Gasteiger partial charge in [-0.1, -0.05) is 27.5 Å². The Labute approximate surface area is 103 Å². The summed E-state index contributed by atoms with van der Waals surface area (Å²) < 4.78 is 0. The fraction of sp³-hybridized carbons (Fsp3) is 0.400. The van der Waals surface area contributed by atoms with Crippen LogP contribution in [0.3, 0.4) is 0 Å². The molecule has 3 nitrogen and oxygen atoms in total. The zero-order chi connectivity index (χ0) is 11.3. The highest BCUT2D eigenvalue weighted by Crippen LogP contribution is 2.08. The maximum atomic E-state index is 11.9.